The van der Waals surface area contributed by atoms with Crippen LogP contribution in [0.4, 0.5) is 0 Å². The lowest BCUT2D eigenvalue weighted by molar-refractivity contribution is 0.543. The summed E-state index contributed by atoms with van der Waals surface area (Å²) in [6, 6.07) is 8.92. The van der Waals surface area contributed by atoms with E-state index in [1.54, 1.807) is 12.1 Å². The molecule has 0 aliphatic carbocycles. The average molecular weight is 251 g/mol. The van der Waals surface area contributed by atoms with Gasteiger partial charge in [-0.2, -0.15) is 0 Å². The second-order valence-electron chi connectivity index (χ2n) is 3.88. The predicted octanol–water partition coefficient (Wildman–Crippen LogP) is 1.91. The summed E-state index contributed by atoms with van der Waals surface area (Å²) in [5.41, 5.74) is 0.774. The lowest BCUT2D eigenvalue weighted by Crippen LogP contribution is -2.34. The molecule has 1 rings (SSSR count). The Bertz CT molecular complexity index is 474. The zero-order valence-electron chi connectivity index (χ0n) is 9.89. The minimum absolute atomic E-state index is 0.00505. The van der Waals surface area contributed by atoms with Crippen LogP contribution in [0.2, 0.25) is 0 Å². The van der Waals surface area contributed by atoms with Crippen molar-refractivity contribution < 1.29 is 8.42 Å². The molecular weight excluding hydrogens is 234 g/mol. The molecule has 17 heavy (non-hydrogen) atoms. The third-order valence-electron chi connectivity index (χ3n) is 2.40. The molecule has 0 aromatic heterocycles. The van der Waals surface area contributed by atoms with E-state index in [-0.39, 0.29) is 11.8 Å². The third-order valence-corrected chi connectivity index (χ3v) is 3.81. The van der Waals surface area contributed by atoms with Crippen molar-refractivity contribution in [2.24, 2.45) is 0 Å². The second kappa shape index (κ2) is 6.43. The first kappa shape index (κ1) is 13.8. The first-order valence-electron chi connectivity index (χ1n) is 5.54. The van der Waals surface area contributed by atoms with Crippen LogP contribution in [0.25, 0.3) is 0 Å². The van der Waals surface area contributed by atoms with E-state index >= 15 is 0 Å². The van der Waals surface area contributed by atoms with Crippen LogP contribution in [0.1, 0.15) is 25.3 Å². The van der Waals surface area contributed by atoms with Gasteiger partial charge in [0, 0.05) is 12.5 Å². The van der Waals surface area contributed by atoms with Gasteiger partial charge in [-0.3, -0.25) is 0 Å². The second-order valence-corrected chi connectivity index (χ2v) is 5.63. The van der Waals surface area contributed by atoms with Gasteiger partial charge in [0.05, 0.1) is 5.75 Å². The smallest absolute Gasteiger partial charge is 0.212 e. The van der Waals surface area contributed by atoms with E-state index in [0.717, 1.165) is 5.56 Å². The topological polar surface area (TPSA) is 46.2 Å². The van der Waals surface area contributed by atoms with E-state index in [1.807, 2.05) is 25.1 Å². The standard InChI is InChI=1S/C13H17NO2S/c1-3-8-13(4-2)14-17(15,16)11-12-9-6-5-7-10-12/h1,5-7,9-10,13-14H,4,8,11H2,2H3. The Kier molecular flexibility index (Phi) is 5.20. The van der Waals surface area contributed by atoms with E-state index in [4.69, 9.17) is 6.42 Å². The van der Waals surface area contributed by atoms with Crippen LogP contribution >= 0.6 is 0 Å². The lowest BCUT2D eigenvalue weighted by atomic mass is 10.2. The number of rotatable bonds is 6. The Morgan fingerprint density at radius 2 is 2.00 bits per heavy atom. The zero-order chi connectivity index (χ0) is 12.7. The number of sulfonamides is 1. The Morgan fingerprint density at radius 1 is 1.35 bits per heavy atom. The van der Waals surface area contributed by atoms with E-state index in [9.17, 15) is 8.42 Å². The van der Waals surface area contributed by atoms with E-state index < -0.39 is 10.0 Å². The molecule has 0 spiro atoms. The van der Waals surface area contributed by atoms with Crippen molar-refractivity contribution in [1.82, 2.24) is 4.72 Å². The minimum atomic E-state index is -3.31. The van der Waals surface area contributed by atoms with E-state index in [1.165, 1.54) is 0 Å². The van der Waals surface area contributed by atoms with Crippen LogP contribution in [0.15, 0.2) is 30.3 Å². The molecular formula is C13H17NO2S. The highest BCUT2D eigenvalue weighted by Gasteiger charge is 2.16. The highest BCUT2D eigenvalue weighted by molar-refractivity contribution is 7.88. The van der Waals surface area contributed by atoms with Crippen molar-refractivity contribution in [2.45, 2.75) is 31.6 Å². The summed E-state index contributed by atoms with van der Waals surface area (Å²) >= 11 is 0. The van der Waals surface area contributed by atoms with Gasteiger partial charge in [0.15, 0.2) is 0 Å². The van der Waals surface area contributed by atoms with Crippen molar-refractivity contribution in [3.63, 3.8) is 0 Å². The summed E-state index contributed by atoms with van der Waals surface area (Å²) < 4.78 is 26.4. The van der Waals surface area contributed by atoms with Crippen LogP contribution in [-0.4, -0.2) is 14.5 Å². The van der Waals surface area contributed by atoms with Gasteiger partial charge in [-0.25, -0.2) is 13.1 Å². The van der Waals surface area contributed by atoms with Crippen molar-refractivity contribution in [3.8, 4) is 12.3 Å². The maximum absolute atomic E-state index is 11.9. The molecule has 0 saturated carbocycles. The summed E-state index contributed by atoms with van der Waals surface area (Å²) in [6.07, 6.45) is 6.31. The minimum Gasteiger partial charge on any atom is -0.212 e. The first-order valence-corrected chi connectivity index (χ1v) is 7.20. The monoisotopic (exact) mass is 251 g/mol. The average Bonchev–Trinajstić information content (AvgIpc) is 2.29. The Labute approximate surface area is 103 Å². The zero-order valence-corrected chi connectivity index (χ0v) is 10.7. The Balaban J connectivity index is 2.67. The predicted molar refractivity (Wildman–Crippen MR) is 69.7 cm³/mol. The molecule has 0 fully saturated rings. The fourth-order valence-electron chi connectivity index (χ4n) is 1.50. The molecule has 1 atom stereocenters. The summed E-state index contributed by atoms with van der Waals surface area (Å²) in [5.74, 6) is 2.47. The number of hydrogen-bond acceptors (Lipinski definition) is 2. The molecule has 4 heteroatoms. The normalized spacial score (nSPS) is 12.9. The summed E-state index contributed by atoms with van der Waals surface area (Å²) in [7, 11) is -3.31. The number of nitrogens with one attached hydrogen (secondary N) is 1. The van der Waals surface area contributed by atoms with Crippen LogP contribution < -0.4 is 4.72 Å². The maximum atomic E-state index is 11.9. The largest absolute Gasteiger partial charge is 0.216 e. The number of hydrogen-bond donors (Lipinski definition) is 1. The van der Waals surface area contributed by atoms with Crippen LogP contribution in [0.3, 0.4) is 0 Å². The van der Waals surface area contributed by atoms with Crippen molar-refractivity contribution in [2.75, 3.05) is 0 Å². The molecule has 0 heterocycles. The maximum Gasteiger partial charge on any atom is 0.216 e. The fraction of sp³-hybridized carbons (Fsp3) is 0.385. The molecule has 92 valence electrons. The molecule has 3 nitrogen and oxygen atoms in total. The van der Waals surface area contributed by atoms with Gasteiger partial charge in [-0.1, -0.05) is 37.3 Å². The van der Waals surface area contributed by atoms with Crippen molar-refractivity contribution in [1.29, 1.82) is 0 Å². The van der Waals surface area contributed by atoms with E-state index in [2.05, 4.69) is 10.6 Å². The molecule has 1 aromatic carbocycles. The van der Waals surface area contributed by atoms with Gasteiger partial charge in [-0.05, 0) is 12.0 Å². The SMILES string of the molecule is C#CCC(CC)NS(=O)(=O)Cc1ccccc1. The molecule has 0 aliphatic rings. The van der Waals surface area contributed by atoms with Crippen LogP contribution in [0, 0.1) is 12.3 Å². The Hall–Kier alpha value is -1.31. The molecule has 0 radical (unpaired) electrons. The first-order chi connectivity index (χ1) is 8.07. The molecule has 1 aromatic rings. The number of benzene rings is 1. The third kappa shape index (κ3) is 5.03. The Morgan fingerprint density at radius 3 is 2.53 bits per heavy atom. The van der Waals surface area contributed by atoms with Crippen molar-refractivity contribution in [3.05, 3.63) is 35.9 Å². The number of terminal acetylenes is 1. The summed E-state index contributed by atoms with van der Waals surface area (Å²) in [5, 5.41) is 0. The molecule has 0 bridgehead atoms. The molecule has 1 N–H and O–H groups in total. The highest BCUT2D eigenvalue weighted by Crippen LogP contribution is 2.06. The molecule has 0 amide bonds. The summed E-state index contributed by atoms with van der Waals surface area (Å²) in [6.45, 7) is 1.91. The molecule has 0 aliphatic heterocycles. The van der Waals surface area contributed by atoms with Gasteiger partial charge in [0.25, 0.3) is 0 Å². The fourth-order valence-corrected chi connectivity index (χ4v) is 2.97. The van der Waals surface area contributed by atoms with Gasteiger partial charge >= 0.3 is 0 Å². The van der Waals surface area contributed by atoms with Gasteiger partial charge in [-0.15, -0.1) is 12.3 Å². The highest BCUT2D eigenvalue weighted by atomic mass is 32.2. The lowest BCUT2D eigenvalue weighted by Gasteiger charge is -2.14. The molecule has 0 saturated heterocycles. The van der Waals surface area contributed by atoms with Gasteiger partial charge in [0.2, 0.25) is 10.0 Å². The van der Waals surface area contributed by atoms with Crippen molar-refractivity contribution >= 4 is 10.0 Å². The van der Waals surface area contributed by atoms with E-state index in [0.29, 0.717) is 12.8 Å². The van der Waals surface area contributed by atoms with Crippen LogP contribution in [0.5, 0.6) is 0 Å². The van der Waals surface area contributed by atoms with Gasteiger partial charge in [0.1, 0.15) is 0 Å². The van der Waals surface area contributed by atoms with Gasteiger partial charge < -0.3 is 0 Å². The molecule has 1 unspecified atom stereocenters. The summed E-state index contributed by atoms with van der Waals surface area (Å²) in [4.78, 5) is 0. The quantitative estimate of drug-likeness (QED) is 0.785. The van der Waals surface area contributed by atoms with Crippen LogP contribution in [-0.2, 0) is 15.8 Å².